The minimum Gasteiger partial charge on any atom is -0.396 e. The molecule has 1 aromatic rings. The normalized spacial score (nSPS) is 16.3. The van der Waals surface area contributed by atoms with E-state index >= 15 is 0 Å². The molecule has 0 aliphatic heterocycles. The molecule has 0 bridgehead atoms. The van der Waals surface area contributed by atoms with Gasteiger partial charge in [-0.3, -0.25) is 4.79 Å². The van der Waals surface area contributed by atoms with Crippen molar-refractivity contribution in [2.45, 2.75) is 38.6 Å². The van der Waals surface area contributed by atoms with Crippen molar-refractivity contribution in [1.29, 1.82) is 0 Å². The van der Waals surface area contributed by atoms with Gasteiger partial charge < -0.3 is 11.1 Å². The van der Waals surface area contributed by atoms with Crippen LogP contribution in [0.2, 0.25) is 0 Å². The summed E-state index contributed by atoms with van der Waals surface area (Å²) in [5.74, 6) is -0.0718. The number of amides is 1. The zero-order chi connectivity index (χ0) is 13.1. The van der Waals surface area contributed by atoms with E-state index in [1.165, 1.54) is 25.0 Å². The lowest BCUT2D eigenvalue weighted by Crippen LogP contribution is -2.35. The molecule has 1 aromatic carbocycles. The zero-order valence-corrected chi connectivity index (χ0v) is 10.6. The van der Waals surface area contributed by atoms with Gasteiger partial charge in [0, 0.05) is 6.04 Å². The largest absolute Gasteiger partial charge is 0.396 e. The average Bonchev–Trinajstić information content (AvgIpc) is 3.15. The summed E-state index contributed by atoms with van der Waals surface area (Å²) in [4.78, 5) is 12.0. The highest BCUT2D eigenvalue weighted by Crippen LogP contribution is 2.34. The molecule has 4 heteroatoms. The number of para-hydroxylation sites is 1. The highest BCUT2D eigenvalue weighted by Gasteiger charge is 2.26. The molecule has 0 heterocycles. The first-order valence-corrected chi connectivity index (χ1v) is 6.46. The van der Waals surface area contributed by atoms with Gasteiger partial charge in [0.1, 0.15) is 5.82 Å². The quantitative estimate of drug-likeness (QED) is 0.789. The van der Waals surface area contributed by atoms with Gasteiger partial charge in [-0.2, -0.15) is 0 Å². The van der Waals surface area contributed by atoms with Gasteiger partial charge in [0.25, 0.3) is 5.91 Å². The van der Waals surface area contributed by atoms with E-state index in [2.05, 4.69) is 5.32 Å². The van der Waals surface area contributed by atoms with E-state index in [-0.39, 0.29) is 23.2 Å². The van der Waals surface area contributed by atoms with Crippen molar-refractivity contribution in [2.24, 2.45) is 5.92 Å². The first-order valence-electron chi connectivity index (χ1n) is 6.46. The minimum atomic E-state index is -0.544. The fourth-order valence-corrected chi connectivity index (χ4v) is 2.08. The molecule has 0 aromatic heterocycles. The standard InChI is InChI=1S/C14H19FN2O/c1-2-10(8-9-6-7-9)17-14(18)11-4-3-5-12(15)13(11)16/h3-5,9-10H,2,6-8,16H2,1H3,(H,17,18). The molecule has 1 fully saturated rings. The summed E-state index contributed by atoms with van der Waals surface area (Å²) in [6, 6.07) is 4.47. The first-order chi connectivity index (χ1) is 8.61. The molecule has 1 atom stereocenters. The van der Waals surface area contributed by atoms with E-state index in [0.717, 1.165) is 18.8 Å². The number of carbonyl (C=O) groups excluding carboxylic acids is 1. The van der Waals surface area contributed by atoms with Gasteiger partial charge in [-0.05, 0) is 30.9 Å². The monoisotopic (exact) mass is 250 g/mol. The SMILES string of the molecule is CCC(CC1CC1)NC(=O)c1cccc(F)c1N. The summed E-state index contributed by atoms with van der Waals surface area (Å²) in [7, 11) is 0. The molecule has 3 nitrogen and oxygen atoms in total. The van der Waals surface area contributed by atoms with Gasteiger partial charge in [0.05, 0.1) is 11.3 Å². The van der Waals surface area contributed by atoms with Gasteiger partial charge in [-0.1, -0.05) is 25.8 Å². The average molecular weight is 250 g/mol. The van der Waals surface area contributed by atoms with Crippen LogP contribution in [0.4, 0.5) is 10.1 Å². The fraction of sp³-hybridized carbons (Fsp3) is 0.500. The van der Waals surface area contributed by atoms with Crippen molar-refractivity contribution in [1.82, 2.24) is 5.32 Å². The molecule has 1 saturated carbocycles. The third-order valence-electron chi connectivity index (χ3n) is 3.44. The van der Waals surface area contributed by atoms with Crippen LogP contribution in [0.25, 0.3) is 0 Å². The molecule has 0 spiro atoms. The summed E-state index contributed by atoms with van der Waals surface area (Å²) < 4.78 is 13.3. The Morgan fingerprint density at radius 1 is 1.56 bits per heavy atom. The Morgan fingerprint density at radius 2 is 2.28 bits per heavy atom. The lowest BCUT2D eigenvalue weighted by atomic mass is 10.1. The molecule has 1 aliphatic rings. The van der Waals surface area contributed by atoms with E-state index in [9.17, 15) is 9.18 Å². The number of hydrogen-bond acceptors (Lipinski definition) is 2. The van der Waals surface area contributed by atoms with Crippen molar-refractivity contribution in [3.8, 4) is 0 Å². The molecule has 0 saturated heterocycles. The first kappa shape index (κ1) is 12.9. The van der Waals surface area contributed by atoms with Gasteiger partial charge in [0.15, 0.2) is 0 Å². The summed E-state index contributed by atoms with van der Waals surface area (Å²) in [5, 5.41) is 2.94. The lowest BCUT2D eigenvalue weighted by molar-refractivity contribution is 0.0933. The van der Waals surface area contributed by atoms with Crippen LogP contribution in [0.1, 0.15) is 43.0 Å². The topological polar surface area (TPSA) is 55.1 Å². The summed E-state index contributed by atoms with van der Waals surface area (Å²) in [6.45, 7) is 2.04. The van der Waals surface area contributed by atoms with Crippen LogP contribution in [-0.4, -0.2) is 11.9 Å². The Labute approximate surface area is 107 Å². The van der Waals surface area contributed by atoms with Crippen LogP contribution in [0.15, 0.2) is 18.2 Å². The highest BCUT2D eigenvalue weighted by molar-refractivity contribution is 5.99. The van der Waals surface area contributed by atoms with E-state index in [1.807, 2.05) is 6.92 Å². The predicted molar refractivity (Wildman–Crippen MR) is 69.7 cm³/mol. The molecule has 1 unspecified atom stereocenters. The highest BCUT2D eigenvalue weighted by atomic mass is 19.1. The summed E-state index contributed by atoms with van der Waals surface area (Å²) in [5.41, 5.74) is 5.73. The number of nitrogens with two attached hydrogens (primary N) is 1. The predicted octanol–water partition coefficient (Wildman–Crippen LogP) is 2.72. The maximum atomic E-state index is 13.3. The zero-order valence-electron chi connectivity index (χ0n) is 10.6. The fourth-order valence-electron chi connectivity index (χ4n) is 2.08. The molecule has 98 valence electrons. The Morgan fingerprint density at radius 3 is 2.89 bits per heavy atom. The molecule has 3 N–H and O–H groups in total. The molecular weight excluding hydrogens is 231 g/mol. The number of halogens is 1. The van der Waals surface area contributed by atoms with Crippen LogP contribution in [0.3, 0.4) is 0 Å². The second kappa shape index (κ2) is 5.38. The summed E-state index contributed by atoms with van der Waals surface area (Å²) in [6.07, 6.45) is 4.41. The number of nitrogens with one attached hydrogen (secondary N) is 1. The third kappa shape index (κ3) is 3.00. The van der Waals surface area contributed by atoms with Crippen molar-refractivity contribution >= 4 is 11.6 Å². The van der Waals surface area contributed by atoms with Crippen LogP contribution < -0.4 is 11.1 Å². The third-order valence-corrected chi connectivity index (χ3v) is 3.44. The maximum Gasteiger partial charge on any atom is 0.253 e. The minimum absolute atomic E-state index is 0.0729. The Hall–Kier alpha value is -1.58. The lowest BCUT2D eigenvalue weighted by Gasteiger charge is -2.17. The van der Waals surface area contributed by atoms with Crippen LogP contribution in [0, 0.1) is 11.7 Å². The molecule has 0 radical (unpaired) electrons. The van der Waals surface area contributed by atoms with E-state index in [0.29, 0.717) is 0 Å². The smallest absolute Gasteiger partial charge is 0.253 e. The van der Waals surface area contributed by atoms with Gasteiger partial charge in [-0.25, -0.2) is 4.39 Å². The Bertz CT molecular complexity index is 443. The Balaban J connectivity index is 2.03. The van der Waals surface area contributed by atoms with E-state index in [1.54, 1.807) is 6.07 Å². The molecule has 1 amide bonds. The molecule has 1 aliphatic carbocycles. The number of nitrogen functional groups attached to an aromatic ring is 1. The maximum absolute atomic E-state index is 13.3. The van der Waals surface area contributed by atoms with Crippen molar-refractivity contribution < 1.29 is 9.18 Å². The second-order valence-electron chi connectivity index (χ2n) is 4.96. The number of benzene rings is 1. The number of carbonyl (C=O) groups is 1. The number of anilines is 1. The molecular formula is C14H19FN2O. The van der Waals surface area contributed by atoms with Crippen LogP contribution in [0.5, 0.6) is 0 Å². The van der Waals surface area contributed by atoms with E-state index in [4.69, 9.17) is 5.73 Å². The second-order valence-corrected chi connectivity index (χ2v) is 4.96. The van der Waals surface area contributed by atoms with Gasteiger partial charge in [-0.15, -0.1) is 0 Å². The number of hydrogen-bond donors (Lipinski definition) is 2. The van der Waals surface area contributed by atoms with Crippen LogP contribution in [-0.2, 0) is 0 Å². The Kier molecular flexibility index (Phi) is 3.84. The number of rotatable bonds is 5. The van der Waals surface area contributed by atoms with Crippen molar-refractivity contribution in [2.75, 3.05) is 5.73 Å². The van der Waals surface area contributed by atoms with Crippen molar-refractivity contribution in [3.05, 3.63) is 29.6 Å². The van der Waals surface area contributed by atoms with Crippen molar-refractivity contribution in [3.63, 3.8) is 0 Å². The van der Waals surface area contributed by atoms with Gasteiger partial charge in [0.2, 0.25) is 0 Å². The summed E-state index contributed by atoms with van der Waals surface area (Å²) >= 11 is 0. The van der Waals surface area contributed by atoms with Crippen LogP contribution >= 0.6 is 0 Å². The van der Waals surface area contributed by atoms with E-state index < -0.39 is 5.82 Å². The molecule has 18 heavy (non-hydrogen) atoms. The molecule has 2 rings (SSSR count). The van der Waals surface area contributed by atoms with Gasteiger partial charge >= 0.3 is 0 Å².